The molecule has 0 fully saturated rings. The van der Waals surface area contributed by atoms with E-state index in [1.54, 1.807) is 0 Å². The lowest BCUT2D eigenvalue weighted by Crippen LogP contribution is -2.12. The van der Waals surface area contributed by atoms with Crippen LogP contribution in [0.3, 0.4) is 0 Å². The largest absolute Gasteiger partial charge is 0.322 e. The zero-order valence-corrected chi connectivity index (χ0v) is 12.3. The molecule has 0 unspecified atom stereocenters. The van der Waals surface area contributed by atoms with Crippen LogP contribution >= 0.6 is 11.3 Å². The summed E-state index contributed by atoms with van der Waals surface area (Å²) in [5.41, 5.74) is 9.73. The molecule has 0 atom stereocenters. The van der Waals surface area contributed by atoms with Crippen LogP contribution in [0.1, 0.15) is 27.0 Å². The third-order valence-corrected chi connectivity index (χ3v) is 3.63. The topological polar surface area (TPSA) is 55.1 Å². The van der Waals surface area contributed by atoms with Crippen LogP contribution in [0, 0.1) is 25.7 Å². The highest BCUT2D eigenvalue weighted by Gasteiger charge is 2.10. The van der Waals surface area contributed by atoms with Crippen molar-refractivity contribution < 1.29 is 4.79 Å². The van der Waals surface area contributed by atoms with Gasteiger partial charge in [-0.1, -0.05) is 11.8 Å². The van der Waals surface area contributed by atoms with Gasteiger partial charge in [0.05, 0.1) is 12.1 Å². The van der Waals surface area contributed by atoms with Crippen molar-refractivity contribution in [1.82, 2.24) is 0 Å². The maximum atomic E-state index is 12.2. The average molecular weight is 284 g/mol. The van der Waals surface area contributed by atoms with Crippen molar-refractivity contribution >= 4 is 22.9 Å². The lowest BCUT2D eigenvalue weighted by Gasteiger charge is -2.07. The third-order valence-electron chi connectivity index (χ3n) is 2.77. The molecule has 0 aliphatic heterocycles. The number of carbonyl (C=O) groups excluding carboxylic acids is 1. The highest BCUT2D eigenvalue weighted by atomic mass is 32.1. The van der Waals surface area contributed by atoms with Gasteiger partial charge < -0.3 is 11.1 Å². The number of aryl methyl sites for hydroxylation is 2. The quantitative estimate of drug-likeness (QED) is 0.833. The van der Waals surface area contributed by atoms with Crippen LogP contribution in [0.15, 0.2) is 29.0 Å². The maximum Gasteiger partial charge on any atom is 0.256 e. The van der Waals surface area contributed by atoms with Crippen LogP contribution in [0.2, 0.25) is 0 Å². The van der Waals surface area contributed by atoms with E-state index >= 15 is 0 Å². The summed E-state index contributed by atoms with van der Waals surface area (Å²) in [4.78, 5) is 12.2. The minimum atomic E-state index is -0.0907. The molecule has 1 amide bonds. The summed E-state index contributed by atoms with van der Waals surface area (Å²) >= 11 is 1.53. The van der Waals surface area contributed by atoms with Gasteiger partial charge in [0, 0.05) is 16.6 Å². The molecule has 2 aromatic rings. The number of nitrogens with one attached hydrogen (secondary N) is 1. The highest BCUT2D eigenvalue weighted by molar-refractivity contribution is 7.08. The van der Waals surface area contributed by atoms with Crippen molar-refractivity contribution in [3.8, 4) is 11.8 Å². The lowest BCUT2D eigenvalue weighted by molar-refractivity contribution is 0.102. The SMILES string of the molecule is Cc1cc(C#CCN)cc(NC(=O)c2cscc2C)c1. The summed E-state index contributed by atoms with van der Waals surface area (Å²) in [6, 6.07) is 5.75. The molecule has 0 spiro atoms. The molecule has 3 nitrogen and oxygen atoms in total. The van der Waals surface area contributed by atoms with Gasteiger partial charge in [-0.3, -0.25) is 4.79 Å². The third kappa shape index (κ3) is 3.47. The van der Waals surface area contributed by atoms with Crippen molar-refractivity contribution in [3.05, 3.63) is 51.2 Å². The fourth-order valence-electron chi connectivity index (χ4n) is 1.87. The number of hydrogen-bond donors (Lipinski definition) is 2. The molecule has 2 rings (SSSR count). The zero-order valence-electron chi connectivity index (χ0n) is 11.5. The van der Waals surface area contributed by atoms with Crippen molar-refractivity contribution in [1.29, 1.82) is 0 Å². The fraction of sp³-hybridized carbons (Fsp3) is 0.188. The van der Waals surface area contributed by atoms with Crippen molar-refractivity contribution in [2.75, 3.05) is 11.9 Å². The van der Waals surface area contributed by atoms with Crippen molar-refractivity contribution in [2.24, 2.45) is 5.73 Å². The minimum absolute atomic E-state index is 0.0907. The normalized spacial score (nSPS) is 9.75. The molecule has 3 N–H and O–H groups in total. The van der Waals surface area contributed by atoms with Gasteiger partial charge in [-0.25, -0.2) is 0 Å². The van der Waals surface area contributed by atoms with Gasteiger partial charge >= 0.3 is 0 Å². The summed E-state index contributed by atoms with van der Waals surface area (Å²) in [6.07, 6.45) is 0. The molecule has 0 saturated carbocycles. The monoisotopic (exact) mass is 284 g/mol. The molecule has 1 heterocycles. The summed E-state index contributed by atoms with van der Waals surface area (Å²) < 4.78 is 0. The first-order chi connectivity index (χ1) is 9.60. The first kappa shape index (κ1) is 14.3. The van der Waals surface area contributed by atoms with E-state index in [0.29, 0.717) is 12.1 Å². The predicted molar refractivity (Wildman–Crippen MR) is 84.1 cm³/mol. The summed E-state index contributed by atoms with van der Waals surface area (Å²) in [5.74, 6) is 5.71. The smallest absolute Gasteiger partial charge is 0.256 e. The fourth-order valence-corrected chi connectivity index (χ4v) is 2.70. The standard InChI is InChI=1S/C16H16N2OS/c1-11-6-13(4-3-5-17)8-14(7-11)18-16(19)15-10-20-9-12(15)2/h6-10H,5,17H2,1-2H3,(H,18,19). The van der Waals surface area contributed by atoms with Crippen LogP contribution in [0.25, 0.3) is 0 Å². The number of hydrogen-bond acceptors (Lipinski definition) is 3. The highest BCUT2D eigenvalue weighted by Crippen LogP contribution is 2.18. The Kier molecular flexibility index (Phi) is 4.57. The minimum Gasteiger partial charge on any atom is -0.322 e. The first-order valence-corrected chi connectivity index (χ1v) is 7.19. The second-order valence-electron chi connectivity index (χ2n) is 4.52. The Hall–Kier alpha value is -2.09. The summed E-state index contributed by atoms with van der Waals surface area (Å²) in [6.45, 7) is 4.22. The molecule has 4 heteroatoms. The first-order valence-electron chi connectivity index (χ1n) is 6.25. The van der Waals surface area contributed by atoms with E-state index in [2.05, 4.69) is 17.2 Å². The number of thiophene rings is 1. The van der Waals surface area contributed by atoms with E-state index in [-0.39, 0.29) is 5.91 Å². The number of carbonyl (C=O) groups is 1. The molecule has 0 aliphatic carbocycles. The molecule has 0 aliphatic rings. The van der Waals surface area contributed by atoms with E-state index in [1.807, 2.05) is 42.8 Å². The Morgan fingerprint density at radius 1 is 1.30 bits per heavy atom. The Bertz CT molecular complexity index is 692. The number of nitrogens with two attached hydrogens (primary N) is 1. The van der Waals surface area contributed by atoms with Gasteiger partial charge in [0.25, 0.3) is 5.91 Å². The Balaban J connectivity index is 2.23. The van der Waals surface area contributed by atoms with Crippen molar-refractivity contribution in [3.63, 3.8) is 0 Å². The zero-order chi connectivity index (χ0) is 14.5. The van der Waals surface area contributed by atoms with Gasteiger partial charge in [-0.05, 0) is 48.6 Å². The number of anilines is 1. The predicted octanol–water partition coefficient (Wildman–Crippen LogP) is 2.93. The van der Waals surface area contributed by atoms with E-state index in [9.17, 15) is 4.79 Å². The van der Waals surface area contributed by atoms with Crippen molar-refractivity contribution in [2.45, 2.75) is 13.8 Å². The van der Waals surface area contributed by atoms with Gasteiger partial charge in [-0.2, -0.15) is 11.3 Å². The molecule has 0 radical (unpaired) electrons. The van der Waals surface area contributed by atoms with Crippen LogP contribution in [0.4, 0.5) is 5.69 Å². The summed E-state index contributed by atoms with van der Waals surface area (Å²) in [7, 11) is 0. The van der Waals surface area contributed by atoms with E-state index in [1.165, 1.54) is 11.3 Å². The van der Waals surface area contributed by atoms with Gasteiger partial charge in [0.2, 0.25) is 0 Å². The van der Waals surface area contributed by atoms with Crippen LogP contribution < -0.4 is 11.1 Å². The molecule has 20 heavy (non-hydrogen) atoms. The van der Waals surface area contributed by atoms with E-state index in [0.717, 1.165) is 22.4 Å². The molecule has 102 valence electrons. The average Bonchev–Trinajstić information content (AvgIpc) is 2.82. The number of benzene rings is 1. The lowest BCUT2D eigenvalue weighted by atomic mass is 10.1. The van der Waals surface area contributed by atoms with E-state index < -0.39 is 0 Å². The molecule has 0 bridgehead atoms. The van der Waals surface area contributed by atoms with Gasteiger partial charge in [-0.15, -0.1) is 0 Å². The van der Waals surface area contributed by atoms with Crippen LogP contribution in [0.5, 0.6) is 0 Å². The van der Waals surface area contributed by atoms with Gasteiger partial charge in [0.15, 0.2) is 0 Å². The Morgan fingerprint density at radius 3 is 2.75 bits per heavy atom. The summed E-state index contributed by atoms with van der Waals surface area (Å²) in [5, 5.41) is 6.73. The second kappa shape index (κ2) is 6.38. The Morgan fingerprint density at radius 2 is 2.10 bits per heavy atom. The molecular weight excluding hydrogens is 268 g/mol. The molecule has 1 aromatic carbocycles. The maximum absolute atomic E-state index is 12.2. The number of amides is 1. The van der Waals surface area contributed by atoms with E-state index in [4.69, 9.17) is 5.73 Å². The second-order valence-corrected chi connectivity index (χ2v) is 5.26. The molecular formula is C16H16N2OS. The molecule has 1 aromatic heterocycles. The number of rotatable bonds is 2. The van der Waals surface area contributed by atoms with Gasteiger partial charge in [0.1, 0.15) is 0 Å². The van der Waals surface area contributed by atoms with Crippen LogP contribution in [-0.2, 0) is 0 Å². The molecule has 0 saturated heterocycles. The van der Waals surface area contributed by atoms with Crippen LogP contribution in [-0.4, -0.2) is 12.5 Å². The Labute approximate surface area is 122 Å².